The van der Waals surface area contributed by atoms with E-state index in [0.717, 1.165) is 30.6 Å². The Kier molecular flexibility index (Phi) is 3.57. The molecule has 1 N–H and O–H groups in total. The Balaban J connectivity index is 1.83. The van der Waals surface area contributed by atoms with Crippen LogP contribution in [0.4, 0.5) is 4.79 Å². The lowest BCUT2D eigenvalue weighted by atomic mass is 9.90. The maximum Gasteiger partial charge on any atom is 0.320 e. The van der Waals surface area contributed by atoms with Gasteiger partial charge in [0.1, 0.15) is 0 Å². The van der Waals surface area contributed by atoms with E-state index in [1.54, 1.807) is 4.90 Å². The quantitative estimate of drug-likeness (QED) is 0.861. The van der Waals surface area contributed by atoms with Crippen molar-refractivity contribution in [3.63, 3.8) is 0 Å². The fourth-order valence-corrected chi connectivity index (χ4v) is 3.27. The Hall–Kier alpha value is -2.04. The predicted molar refractivity (Wildman–Crippen MR) is 78.0 cm³/mol. The fraction of sp³-hybridized carbons (Fsp3) is 0.500. The van der Waals surface area contributed by atoms with E-state index in [1.807, 2.05) is 29.2 Å². The zero-order chi connectivity index (χ0) is 15.0. The van der Waals surface area contributed by atoms with Gasteiger partial charge in [0, 0.05) is 26.2 Å². The summed E-state index contributed by atoms with van der Waals surface area (Å²) < 4.78 is 0. The molecular formula is C16H20N2O3. The number of amides is 2. The van der Waals surface area contributed by atoms with Crippen molar-refractivity contribution in [1.82, 2.24) is 9.80 Å². The number of fused-ring (bicyclic) bond motifs is 1. The van der Waals surface area contributed by atoms with Crippen LogP contribution >= 0.6 is 0 Å². The molecule has 1 aromatic carbocycles. The number of carbonyl (C=O) groups is 2. The number of aliphatic carboxylic acids is 1. The number of hydrogen-bond acceptors (Lipinski definition) is 2. The van der Waals surface area contributed by atoms with E-state index in [-0.39, 0.29) is 12.6 Å². The summed E-state index contributed by atoms with van der Waals surface area (Å²) in [5.41, 5.74) is 1.78. The van der Waals surface area contributed by atoms with Gasteiger partial charge in [-0.1, -0.05) is 31.2 Å². The molecule has 5 heteroatoms. The molecule has 3 rings (SSSR count). The summed E-state index contributed by atoms with van der Waals surface area (Å²) in [7, 11) is 0. The third kappa shape index (κ3) is 2.60. The van der Waals surface area contributed by atoms with Crippen LogP contribution < -0.4 is 0 Å². The monoisotopic (exact) mass is 288 g/mol. The van der Waals surface area contributed by atoms with Crippen LogP contribution in [0.3, 0.4) is 0 Å². The maximum absolute atomic E-state index is 12.6. The first kappa shape index (κ1) is 13.9. The minimum Gasteiger partial charge on any atom is -0.481 e. The lowest BCUT2D eigenvalue weighted by Crippen LogP contribution is -2.46. The van der Waals surface area contributed by atoms with Crippen LogP contribution in [-0.2, 0) is 11.3 Å². The van der Waals surface area contributed by atoms with E-state index in [9.17, 15) is 14.7 Å². The second-order valence-electron chi connectivity index (χ2n) is 6.09. The third-order valence-corrected chi connectivity index (χ3v) is 4.46. The van der Waals surface area contributed by atoms with E-state index in [1.165, 1.54) is 0 Å². The molecule has 2 aliphatic rings. The summed E-state index contributed by atoms with van der Waals surface area (Å²) >= 11 is 0. The van der Waals surface area contributed by atoms with Crippen LogP contribution in [0.2, 0.25) is 0 Å². The Labute approximate surface area is 124 Å². The number of carboxylic acids is 1. The number of carbonyl (C=O) groups excluding carboxylic acids is 1. The Morgan fingerprint density at radius 1 is 1.19 bits per heavy atom. The minimum atomic E-state index is -0.866. The first-order valence-corrected chi connectivity index (χ1v) is 7.40. The molecule has 112 valence electrons. The zero-order valence-electron chi connectivity index (χ0n) is 12.2. The number of nitrogens with zero attached hydrogens (tertiary/aromatic N) is 2. The van der Waals surface area contributed by atoms with Gasteiger partial charge in [0.2, 0.25) is 0 Å². The molecule has 5 nitrogen and oxygen atoms in total. The third-order valence-electron chi connectivity index (χ3n) is 4.46. The number of carboxylic acid groups (broad SMARTS) is 1. The average Bonchev–Trinajstić information content (AvgIpc) is 2.91. The highest BCUT2D eigenvalue weighted by Crippen LogP contribution is 2.29. The molecule has 0 spiro atoms. The van der Waals surface area contributed by atoms with Crippen LogP contribution in [0.1, 0.15) is 30.4 Å². The average molecular weight is 288 g/mol. The van der Waals surface area contributed by atoms with Crippen molar-refractivity contribution < 1.29 is 14.7 Å². The van der Waals surface area contributed by atoms with Crippen molar-refractivity contribution in [3.8, 4) is 0 Å². The van der Waals surface area contributed by atoms with Crippen molar-refractivity contribution in [3.05, 3.63) is 35.4 Å². The largest absolute Gasteiger partial charge is 0.481 e. The molecule has 0 aliphatic carbocycles. The molecule has 0 aromatic heterocycles. The van der Waals surface area contributed by atoms with Gasteiger partial charge in [0.05, 0.1) is 5.92 Å². The van der Waals surface area contributed by atoms with Gasteiger partial charge in [-0.05, 0) is 23.5 Å². The smallest absolute Gasteiger partial charge is 0.320 e. The van der Waals surface area contributed by atoms with E-state index in [4.69, 9.17) is 0 Å². The van der Waals surface area contributed by atoms with E-state index in [2.05, 4.69) is 6.92 Å². The lowest BCUT2D eigenvalue weighted by Gasteiger charge is -2.35. The summed E-state index contributed by atoms with van der Waals surface area (Å²) in [6.45, 7) is 4.45. The molecule has 2 aliphatic heterocycles. The van der Waals surface area contributed by atoms with Crippen LogP contribution in [0.25, 0.3) is 0 Å². The Morgan fingerprint density at radius 3 is 2.62 bits per heavy atom. The number of urea groups is 1. The van der Waals surface area contributed by atoms with Crippen molar-refractivity contribution >= 4 is 12.0 Å². The number of likely N-dealkylation sites (tertiary alicyclic amines) is 1. The van der Waals surface area contributed by atoms with Crippen LogP contribution in [-0.4, -0.2) is 46.5 Å². The van der Waals surface area contributed by atoms with Crippen molar-refractivity contribution in [2.24, 2.45) is 5.92 Å². The van der Waals surface area contributed by atoms with Crippen LogP contribution in [0.5, 0.6) is 0 Å². The molecule has 1 fully saturated rings. The summed E-state index contributed by atoms with van der Waals surface area (Å²) in [5.74, 6) is -0.963. The highest BCUT2D eigenvalue weighted by molar-refractivity contribution is 5.81. The molecule has 2 amide bonds. The molecule has 2 atom stereocenters. The first-order chi connectivity index (χ1) is 10.1. The van der Waals surface area contributed by atoms with Crippen molar-refractivity contribution in [2.45, 2.75) is 25.8 Å². The second kappa shape index (κ2) is 5.39. The maximum atomic E-state index is 12.6. The standard InChI is InChI=1S/C16H20N2O3/c1-11-6-7-17(8-11)16(21)18-9-12-4-2-3-5-13(12)14(10-18)15(19)20/h2-5,11,14H,6-10H2,1H3,(H,19,20). The number of hydrogen-bond donors (Lipinski definition) is 1. The molecule has 1 saturated heterocycles. The molecule has 1 aromatic rings. The van der Waals surface area contributed by atoms with Gasteiger partial charge in [-0.3, -0.25) is 4.79 Å². The molecule has 0 bridgehead atoms. The normalized spacial score (nSPS) is 24.8. The molecular weight excluding hydrogens is 268 g/mol. The first-order valence-electron chi connectivity index (χ1n) is 7.40. The van der Waals surface area contributed by atoms with Crippen molar-refractivity contribution in [2.75, 3.05) is 19.6 Å². The van der Waals surface area contributed by atoms with Gasteiger partial charge in [-0.25, -0.2) is 4.79 Å². The summed E-state index contributed by atoms with van der Waals surface area (Å²) in [5, 5.41) is 9.44. The van der Waals surface area contributed by atoms with Gasteiger partial charge in [0.15, 0.2) is 0 Å². The fourth-order valence-electron chi connectivity index (χ4n) is 3.27. The van der Waals surface area contributed by atoms with Gasteiger partial charge in [-0.15, -0.1) is 0 Å². The summed E-state index contributed by atoms with van der Waals surface area (Å²) in [4.78, 5) is 27.6. The van der Waals surface area contributed by atoms with Gasteiger partial charge >= 0.3 is 12.0 Å². The molecule has 2 heterocycles. The number of rotatable bonds is 1. The SMILES string of the molecule is CC1CCN(C(=O)N2Cc3ccccc3C(C(=O)O)C2)C1. The molecule has 0 radical (unpaired) electrons. The highest BCUT2D eigenvalue weighted by Gasteiger charge is 2.35. The van der Waals surface area contributed by atoms with Crippen LogP contribution in [0.15, 0.2) is 24.3 Å². The summed E-state index contributed by atoms with van der Waals surface area (Å²) in [6.07, 6.45) is 1.03. The van der Waals surface area contributed by atoms with E-state index in [0.29, 0.717) is 12.5 Å². The Bertz CT molecular complexity index is 572. The van der Waals surface area contributed by atoms with Crippen LogP contribution in [0, 0.1) is 5.92 Å². The Morgan fingerprint density at radius 2 is 1.95 bits per heavy atom. The van der Waals surface area contributed by atoms with Crippen molar-refractivity contribution in [1.29, 1.82) is 0 Å². The van der Waals surface area contributed by atoms with E-state index < -0.39 is 11.9 Å². The number of benzene rings is 1. The van der Waals surface area contributed by atoms with E-state index >= 15 is 0 Å². The minimum absolute atomic E-state index is 0.0277. The second-order valence-corrected chi connectivity index (χ2v) is 6.09. The highest BCUT2D eigenvalue weighted by atomic mass is 16.4. The molecule has 21 heavy (non-hydrogen) atoms. The van der Waals surface area contributed by atoms with Gasteiger partial charge in [-0.2, -0.15) is 0 Å². The van der Waals surface area contributed by atoms with Gasteiger partial charge < -0.3 is 14.9 Å². The summed E-state index contributed by atoms with van der Waals surface area (Å²) in [6, 6.07) is 7.49. The molecule has 0 saturated carbocycles. The predicted octanol–water partition coefficient (Wildman–Crippen LogP) is 2.13. The molecule has 2 unspecified atom stereocenters. The zero-order valence-corrected chi connectivity index (χ0v) is 12.2. The van der Waals surface area contributed by atoms with Gasteiger partial charge in [0.25, 0.3) is 0 Å². The lowest BCUT2D eigenvalue weighted by molar-refractivity contribution is -0.139. The topological polar surface area (TPSA) is 60.9 Å².